The third-order valence-corrected chi connectivity index (χ3v) is 4.60. The van der Waals surface area contributed by atoms with Gasteiger partial charge >= 0.3 is 0 Å². The highest BCUT2D eigenvalue weighted by atomic mass is 32.2. The Morgan fingerprint density at radius 3 is 2.25 bits per heavy atom. The van der Waals surface area contributed by atoms with Gasteiger partial charge in [0.25, 0.3) is 0 Å². The number of hydrogen-bond acceptors (Lipinski definition) is 5. The highest BCUT2D eigenvalue weighted by Gasteiger charge is 2.12. The van der Waals surface area contributed by atoms with Crippen molar-refractivity contribution in [3.05, 3.63) is 45.7 Å². The predicted molar refractivity (Wildman–Crippen MR) is 86.3 cm³/mol. The topological polar surface area (TPSA) is 56.8 Å². The van der Waals surface area contributed by atoms with Crippen molar-refractivity contribution in [3.63, 3.8) is 0 Å². The van der Waals surface area contributed by atoms with Gasteiger partial charge in [-0.3, -0.25) is 0 Å². The average Bonchev–Trinajstić information content (AvgIpc) is 2.51. The molecular weight excluding hydrogens is 288 g/mol. The predicted octanol–water partition coefficient (Wildman–Crippen LogP) is 4.06. The molecule has 3 nitrogen and oxygen atoms in total. The second-order valence-corrected chi connectivity index (χ2v) is 5.54. The van der Waals surface area contributed by atoms with Gasteiger partial charge in [-0.2, -0.15) is 10.5 Å². The summed E-state index contributed by atoms with van der Waals surface area (Å²) in [5.74, 6) is 0.642. The van der Waals surface area contributed by atoms with E-state index in [4.69, 9.17) is 15.3 Å². The Morgan fingerprint density at radius 2 is 1.75 bits per heavy atom. The van der Waals surface area contributed by atoms with E-state index in [0.29, 0.717) is 11.3 Å². The smallest absolute Gasteiger partial charge is 0.137 e. The minimum atomic E-state index is 0.0788. The Hall–Kier alpha value is -1.82. The van der Waals surface area contributed by atoms with Crippen LogP contribution in [-0.4, -0.2) is 19.6 Å². The summed E-state index contributed by atoms with van der Waals surface area (Å²) >= 11 is 3.15. The van der Waals surface area contributed by atoms with Crippen LogP contribution in [-0.2, 0) is 0 Å². The molecule has 0 heterocycles. The van der Waals surface area contributed by atoms with Gasteiger partial charge in [0.2, 0.25) is 0 Å². The van der Waals surface area contributed by atoms with Crippen LogP contribution in [0.3, 0.4) is 0 Å². The molecule has 1 rings (SSSR count). The highest BCUT2D eigenvalue weighted by molar-refractivity contribution is 8.21. The first-order valence-corrected chi connectivity index (χ1v) is 8.14. The second-order valence-electron chi connectivity index (χ2n) is 3.58. The van der Waals surface area contributed by atoms with Crippen molar-refractivity contribution < 1.29 is 4.74 Å². The van der Waals surface area contributed by atoms with Gasteiger partial charge in [0, 0.05) is 15.4 Å². The van der Waals surface area contributed by atoms with Gasteiger partial charge in [0.05, 0.1) is 7.11 Å². The molecule has 1 aromatic rings. The van der Waals surface area contributed by atoms with Crippen molar-refractivity contribution in [2.45, 2.75) is 0 Å². The molecule has 0 N–H and O–H groups in total. The lowest BCUT2D eigenvalue weighted by Crippen LogP contribution is -1.93. The largest absolute Gasteiger partial charge is 0.496 e. The van der Waals surface area contributed by atoms with Gasteiger partial charge in [-0.15, -0.1) is 23.5 Å². The number of nitrogens with zero attached hydrogens (tertiary/aromatic N) is 2. The summed E-state index contributed by atoms with van der Waals surface area (Å²) in [6.45, 7) is 0. The van der Waals surface area contributed by atoms with E-state index >= 15 is 0 Å². The number of nitriles is 2. The van der Waals surface area contributed by atoms with Crippen LogP contribution in [0, 0.1) is 22.7 Å². The summed E-state index contributed by atoms with van der Waals surface area (Å²) < 4.78 is 6.34. The average molecular weight is 302 g/mol. The first-order valence-electron chi connectivity index (χ1n) is 5.69. The van der Waals surface area contributed by atoms with Gasteiger partial charge in [-0.1, -0.05) is 18.2 Å². The molecule has 102 valence electrons. The summed E-state index contributed by atoms with van der Waals surface area (Å²) in [6, 6.07) is 11.3. The standard InChI is InChI=1S/C15H14N2OS2/c1-18-14-7-5-4-6-12(14)13(11(9-16)10-17)8-15(19-2)20-3/h4-8H,1-3H3. The molecule has 0 radical (unpaired) electrons. The van der Waals surface area contributed by atoms with Gasteiger partial charge < -0.3 is 4.74 Å². The van der Waals surface area contributed by atoms with Crippen molar-refractivity contribution in [2.75, 3.05) is 19.6 Å². The van der Waals surface area contributed by atoms with Crippen molar-refractivity contribution >= 4 is 29.1 Å². The maximum atomic E-state index is 9.17. The van der Waals surface area contributed by atoms with Gasteiger partial charge in [-0.05, 0) is 24.7 Å². The van der Waals surface area contributed by atoms with Gasteiger partial charge in [0.1, 0.15) is 23.5 Å². The molecule has 0 spiro atoms. The lowest BCUT2D eigenvalue weighted by Gasteiger charge is -2.10. The van der Waals surface area contributed by atoms with E-state index < -0.39 is 0 Å². The molecule has 0 amide bonds. The number of ether oxygens (including phenoxy) is 1. The molecular formula is C15H14N2OS2. The van der Waals surface area contributed by atoms with E-state index in [2.05, 4.69) is 0 Å². The molecule has 0 aromatic heterocycles. The number of allylic oxidation sites excluding steroid dienone is 3. The molecule has 0 atom stereocenters. The Morgan fingerprint density at radius 1 is 1.15 bits per heavy atom. The number of benzene rings is 1. The molecule has 20 heavy (non-hydrogen) atoms. The maximum absolute atomic E-state index is 9.17. The maximum Gasteiger partial charge on any atom is 0.137 e. The molecule has 0 bridgehead atoms. The van der Waals surface area contributed by atoms with Crippen LogP contribution >= 0.6 is 23.5 Å². The third-order valence-electron chi connectivity index (χ3n) is 2.55. The second kappa shape index (κ2) is 8.37. The summed E-state index contributed by atoms with van der Waals surface area (Å²) in [6.07, 6.45) is 5.77. The van der Waals surface area contributed by atoms with Crippen LogP contribution in [0.15, 0.2) is 40.2 Å². The molecule has 0 unspecified atom stereocenters. The van der Waals surface area contributed by atoms with Crippen molar-refractivity contribution in [1.82, 2.24) is 0 Å². The SMILES string of the molecule is COc1ccccc1C(C=C(SC)SC)=C(C#N)C#N. The lowest BCUT2D eigenvalue weighted by molar-refractivity contribution is 0.413. The molecule has 1 aromatic carbocycles. The Bertz CT molecular complexity index is 599. The molecule has 0 saturated heterocycles. The molecule has 0 fully saturated rings. The van der Waals surface area contributed by atoms with E-state index in [9.17, 15) is 0 Å². The summed E-state index contributed by atoms with van der Waals surface area (Å²) in [7, 11) is 1.57. The lowest BCUT2D eigenvalue weighted by atomic mass is 10.00. The monoisotopic (exact) mass is 302 g/mol. The van der Waals surface area contributed by atoms with Crippen LogP contribution in [0.4, 0.5) is 0 Å². The van der Waals surface area contributed by atoms with Crippen LogP contribution < -0.4 is 4.74 Å². The first-order chi connectivity index (χ1) is 9.71. The quantitative estimate of drug-likeness (QED) is 0.606. The van der Waals surface area contributed by atoms with E-state index in [0.717, 1.165) is 9.80 Å². The van der Waals surface area contributed by atoms with Crippen molar-refractivity contribution in [2.24, 2.45) is 0 Å². The highest BCUT2D eigenvalue weighted by Crippen LogP contribution is 2.34. The van der Waals surface area contributed by atoms with Crippen molar-refractivity contribution in [1.29, 1.82) is 10.5 Å². The van der Waals surface area contributed by atoms with Crippen LogP contribution in [0.1, 0.15) is 5.56 Å². The zero-order valence-electron chi connectivity index (χ0n) is 11.5. The molecule has 0 saturated carbocycles. The van der Waals surface area contributed by atoms with E-state index in [1.165, 1.54) is 0 Å². The zero-order chi connectivity index (χ0) is 15.0. The normalized spacial score (nSPS) is 9.05. The van der Waals surface area contributed by atoms with Crippen LogP contribution in [0.5, 0.6) is 5.75 Å². The first kappa shape index (κ1) is 16.2. The van der Waals surface area contributed by atoms with Crippen molar-refractivity contribution in [3.8, 4) is 17.9 Å². The fraction of sp³-hybridized carbons (Fsp3) is 0.200. The summed E-state index contributed by atoms with van der Waals surface area (Å²) in [5.41, 5.74) is 1.41. The van der Waals surface area contributed by atoms with Crippen LogP contribution in [0.2, 0.25) is 0 Å². The van der Waals surface area contributed by atoms with E-state index in [1.807, 2.05) is 55.0 Å². The minimum Gasteiger partial charge on any atom is -0.496 e. The van der Waals surface area contributed by atoms with Gasteiger partial charge in [0.15, 0.2) is 0 Å². The Labute approximate surface area is 127 Å². The fourth-order valence-electron chi connectivity index (χ4n) is 1.62. The van der Waals surface area contributed by atoms with E-state index in [1.54, 1.807) is 30.6 Å². The number of rotatable bonds is 5. The molecule has 0 aliphatic rings. The number of thioether (sulfide) groups is 2. The molecule has 5 heteroatoms. The molecule has 0 aliphatic carbocycles. The Kier molecular flexibility index (Phi) is 6.79. The fourth-order valence-corrected chi connectivity index (χ4v) is 2.75. The summed E-state index contributed by atoms with van der Waals surface area (Å²) in [4.78, 5) is 0. The van der Waals surface area contributed by atoms with Crippen LogP contribution in [0.25, 0.3) is 5.57 Å². The summed E-state index contributed by atoms with van der Waals surface area (Å²) in [5, 5.41) is 18.3. The number of para-hydroxylation sites is 1. The zero-order valence-corrected chi connectivity index (χ0v) is 13.1. The minimum absolute atomic E-state index is 0.0788. The third kappa shape index (κ3) is 3.84. The Balaban J connectivity index is 3.57. The number of methoxy groups -OCH3 is 1. The number of hydrogen-bond donors (Lipinski definition) is 0. The van der Waals surface area contributed by atoms with Gasteiger partial charge in [-0.25, -0.2) is 0 Å². The van der Waals surface area contributed by atoms with E-state index in [-0.39, 0.29) is 5.57 Å². The molecule has 0 aliphatic heterocycles.